The number of carbonyl (C=O) groups excluding carboxylic acids is 1. The van der Waals surface area contributed by atoms with E-state index in [1.54, 1.807) is 4.90 Å². The maximum absolute atomic E-state index is 12.0. The molecule has 1 aliphatic carbocycles. The van der Waals surface area contributed by atoms with Crippen molar-refractivity contribution in [1.82, 2.24) is 10.2 Å². The zero-order valence-corrected chi connectivity index (χ0v) is 11.0. The van der Waals surface area contributed by atoms with Gasteiger partial charge in [0.05, 0.1) is 11.5 Å². The summed E-state index contributed by atoms with van der Waals surface area (Å²) in [7, 11) is -2.93. The second-order valence-corrected chi connectivity index (χ2v) is 7.20. The van der Waals surface area contributed by atoms with E-state index in [1.165, 1.54) is 0 Å². The summed E-state index contributed by atoms with van der Waals surface area (Å²) in [6, 6.07) is 0.106. The molecule has 0 bridgehead atoms. The van der Waals surface area contributed by atoms with E-state index in [0.717, 1.165) is 19.3 Å². The van der Waals surface area contributed by atoms with Crippen LogP contribution in [0.1, 0.15) is 32.6 Å². The third-order valence-electron chi connectivity index (χ3n) is 3.28. The van der Waals surface area contributed by atoms with Crippen molar-refractivity contribution >= 4 is 15.9 Å². The zero-order valence-electron chi connectivity index (χ0n) is 10.2. The van der Waals surface area contributed by atoms with Crippen LogP contribution < -0.4 is 5.32 Å². The lowest BCUT2D eigenvalue weighted by molar-refractivity contribution is 0.179. The number of rotatable bonds is 4. The molecule has 17 heavy (non-hydrogen) atoms. The quantitative estimate of drug-likeness (QED) is 0.811. The maximum atomic E-state index is 12.0. The van der Waals surface area contributed by atoms with E-state index in [9.17, 15) is 13.2 Å². The van der Waals surface area contributed by atoms with Crippen molar-refractivity contribution in [1.29, 1.82) is 0 Å². The molecule has 0 aromatic carbocycles. The van der Waals surface area contributed by atoms with Crippen molar-refractivity contribution in [2.45, 2.75) is 44.7 Å². The normalized spacial score (nSPS) is 26.8. The second kappa shape index (κ2) is 4.84. The van der Waals surface area contributed by atoms with Gasteiger partial charge in [-0.25, -0.2) is 13.2 Å². The van der Waals surface area contributed by atoms with Gasteiger partial charge in [-0.15, -0.1) is 0 Å². The van der Waals surface area contributed by atoms with Gasteiger partial charge < -0.3 is 10.2 Å². The van der Waals surface area contributed by atoms with Gasteiger partial charge in [0.15, 0.2) is 9.84 Å². The number of hydrogen-bond donors (Lipinski definition) is 1. The minimum Gasteiger partial charge on any atom is -0.335 e. The molecule has 0 unspecified atom stereocenters. The van der Waals surface area contributed by atoms with Crippen LogP contribution in [0, 0.1) is 0 Å². The molecule has 0 aromatic heterocycles. The molecular formula is C11H20N2O3S. The number of nitrogens with one attached hydrogen (secondary N) is 1. The van der Waals surface area contributed by atoms with Crippen molar-refractivity contribution < 1.29 is 13.2 Å². The molecule has 6 heteroatoms. The lowest BCUT2D eigenvalue weighted by atomic mass is 10.2. The highest BCUT2D eigenvalue weighted by atomic mass is 32.2. The van der Waals surface area contributed by atoms with Crippen molar-refractivity contribution in [3.8, 4) is 0 Å². The molecular weight excluding hydrogens is 240 g/mol. The van der Waals surface area contributed by atoms with Crippen LogP contribution in [0.3, 0.4) is 0 Å². The van der Waals surface area contributed by atoms with E-state index < -0.39 is 9.84 Å². The molecule has 5 nitrogen and oxygen atoms in total. The van der Waals surface area contributed by atoms with E-state index in [2.05, 4.69) is 5.32 Å². The Labute approximate surface area is 102 Å². The second-order valence-electron chi connectivity index (χ2n) is 4.97. The highest BCUT2D eigenvalue weighted by Crippen LogP contribution is 2.22. The first-order chi connectivity index (χ1) is 8.02. The monoisotopic (exact) mass is 260 g/mol. The molecule has 2 amide bonds. The van der Waals surface area contributed by atoms with Crippen LogP contribution in [0.15, 0.2) is 0 Å². The molecule has 1 saturated carbocycles. The molecule has 1 N–H and O–H groups in total. The summed E-state index contributed by atoms with van der Waals surface area (Å²) in [6.45, 7) is 2.64. The molecule has 1 aliphatic heterocycles. The minimum atomic E-state index is -2.93. The van der Waals surface area contributed by atoms with Gasteiger partial charge in [-0.2, -0.15) is 0 Å². The highest BCUT2D eigenvalue weighted by molar-refractivity contribution is 7.91. The fraction of sp³-hybridized carbons (Fsp3) is 0.909. The van der Waals surface area contributed by atoms with E-state index in [0.29, 0.717) is 19.0 Å². The maximum Gasteiger partial charge on any atom is 0.317 e. The van der Waals surface area contributed by atoms with Crippen LogP contribution >= 0.6 is 0 Å². The molecule has 0 radical (unpaired) electrons. The topological polar surface area (TPSA) is 66.5 Å². The van der Waals surface area contributed by atoms with E-state index in [4.69, 9.17) is 0 Å². The van der Waals surface area contributed by atoms with Gasteiger partial charge in [0.2, 0.25) is 0 Å². The van der Waals surface area contributed by atoms with Crippen molar-refractivity contribution in [2.75, 3.05) is 18.1 Å². The number of amides is 2. The fourth-order valence-corrected chi connectivity index (χ4v) is 3.93. The molecule has 2 rings (SSSR count). The third kappa shape index (κ3) is 3.34. The Morgan fingerprint density at radius 1 is 1.35 bits per heavy atom. The van der Waals surface area contributed by atoms with Crippen molar-refractivity contribution in [3.05, 3.63) is 0 Å². The predicted molar refractivity (Wildman–Crippen MR) is 65.6 cm³/mol. The molecule has 1 heterocycles. The highest BCUT2D eigenvalue weighted by Gasteiger charge is 2.35. The Balaban J connectivity index is 1.98. The average Bonchev–Trinajstić information content (AvgIpc) is 2.98. The van der Waals surface area contributed by atoms with Gasteiger partial charge in [0.25, 0.3) is 0 Å². The van der Waals surface area contributed by atoms with Crippen molar-refractivity contribution in [2.24, 2.45) is 0 Å². The molecule has 98 valence electrons. The number of urea groups is 1. The van der Waals surface area contributed by atoms with Crippen LogP contribution in [0.2, 0.25) is 0 Å². The fourth-order valence-electron chi connectivity index (χ4n) is 2.20. The Morgan fingerprint density at radius 2 is 2.06 bits per heavy atom. The number of nitrogens with zero attached hydrogens (tertiary/aromatic N) is 1. The third-order valence-corrected chi connectivity index (χ3v) is 5.03. The van der Waals surface area contributed by atoms with Gasteiger partial charge in [-0.3, -0.25) is 0 Å². The van der Waals surface area contributed by atoms with Crippen molar-refractivity contribution in [3.63, 3.8) is 0 Å². The number of hydrogen-bond acceptors (Lipinski definition) is 3. The molecule has 1 atom stereocenters. The van der Waals surface area contributed by atoms with Crippen LogP contribution in [0.4, 0.5) is 4.79 Å². The van der Waals surface area contributed by atoms with Crippen LogP contribution in [-0.2, 0) is 9.84 Å². The van der Waals surface area contributed by atoms with Gasteiger partial charge in [-0.05, 0) is 25.7 Å². The summed E-state index contributed by atoms with van der Waals surface area (Å²) in [4.78, 5) is 13.7. The van der Waals surface area contributed by atoms with E-state index in [-0.39, 0.29) is 23.6 Å². The SMILES string of the molecule is CCCN(C(=O)NC1CC1)[C@@H]1CCS(=O)(=O)C1. The molecule has 2 aliphatic rings. The van der Waals surface area contributed by atoms with Gasteiger partial charge in [0, 0.05) is 18.6 Å². The first-order valence-electron chi connectivity index (χ1n) is 6.29. The summed E-state index contributed by atoms with van der Waals surface area (Å²) in [5, 5.41) is 2.94. The molecule has 0 aromatic rings. The summed E-state index contributed by atoms with van der Waals surface area (Å²) >= 11 is 0. The Bertz CT molecular complexity index is 390. The Morgan fingerprint density at radius 3 is 2.53 bits per heavy atom. The van der Waals surface area contributed by atoms with Crippen LogP contribution in [0.5, 0.6) is 0 Å². The Kier molecular flexibility index (Phi) is 3.61. The predicted octanol–water partition coefficient (Wildman–Crippen LogP) is 0.758. The number of sulfone groups is 1. The van der Waals surface area contributed by atoms with Gasteiger partial charge in [-0.1, -0.05) is 6.92 Å². The minimum absolute atomic E-state index is 0.0866. The standard InChI is InChI=1S/C11H20N2O3S/c1-2-6-13(11(14)12-9-3-4-9)10-5-7-17(15,16)8-10/h9-10H,2-8H2,1H3,(H,12,14)/t10-/m1/s1. The lowest BCUT2D eigenvalue weighted by Gasteiger charge is -2.28. The van der Waals surface area contributed by atoms with Gasteiger partial charge >= 0.3 is 6.03 Å². The average molecular weight is 260 g/mol. The first-order valence-corrected chi connectivity index (χ1v) is 8.11. The van der Waals surface area contributed by atoms with Crippen LogP contribution in [0.25, 0.3) is 0 Å². The van der Waals surface area contributed by atoms with Gasteiger partial charge in [0.1, 0.15) is 0 Å². The molecule has 1 saturated heterocycles. The van der Waals surface area contributed by atoms with Crippen LogP contribution in [-0.4, -0.2) is 49.5 Å². The summed E-state index contributed by atoms with van der Waals surface area (Å²) in [5.74, 6) is 0.347. The Hall–Kier alpha value is -0.780. The number of carbonyl (C=O) groups is 1. The summed E-state index contributed by atoms with van der Waals surface area (Å²) in [6.07, 6.45) is 3.54. The lowest BCUT2D eigenvalue weighted by Crippen LogP contribution is -2.47. The summed E-state index contributed by atoms with van der Waals surface area (Å²) in [5.41, 5.74) is 0. The van der Waals surface area contributed by atoms with E-state index in [1.807, 2.05) is 6.92 Å². The first kappa shape index (κ1) is 12.7. The molecule has 2 fully saturated rings. The largest absolute Gasteiger partial charge is 0.335 e. The smallest absolute Gasteiger partial charge is 0.317 e. The van der Waals surface area contributed by atoms with E-state index >= 15 is 0 Å². The zero-order chi connectivity index (χ0) is 12.5. The molecule has 0 spiro atoms. The summed E-state index contributed by atoms with van der Waals surface area (Å²) < 4.78 is 22.9.